The maximum absolute atomic E-state index is 5.33. The molecule has 0 radical (unpaired) electrons. The summed E-state index contributed by atoms with van der Waals surface area (Å²) in [6.07, 6.45) is 10.4. The number of piperazine rings is 2. The molecule has 6 rings (SSSR count). The molecule has 9 nitrogen and oxygen atoms in total. The summed E-state index contributed by atoms with van der Waals surface area (Å²) in [5.41, 5.74) is 6.90. The van der Waals surface area contributed by atoms with Crippen molar-refractivity contribution in [3.63, 3.8) is 0 Å². The van der Waals surface area contributed by atoms with Gasteiger partial charge in [-0.15, -0.1) is 0 Å². The van der Waals surface area contributed by atoms with Crippen molar-refractivity contribution >= 4 is 23.5 Å². The third-order valence-corrected chi connectivity index (χ3v) is 8.29. The standard InChI is InChI=1S/C26H39N9/c1-4-22-25-30-27-18-34(25)23-17-32(3)26(29-24(23)35(22)21-7-5-6-8-21)28-19-9-11-20(12-10-19)33-15-13-31(2)14-16-33/h9-12,17-18,21-22,25-26,28,30H,4-8,13-16H2,1-3H3. The van der Waals surface area contributed by atoms with Crippen LogP contribution >= 0.6 is 0 Å². The van der Waals surface area contributed by atoms with Crippen molar-refractivity contribution in [1.82, 2.24) is 25.0 Å². The van der Waals surface area contributed by atoms with Crippen molar-refractivity contribution in [3.8, 4) is 0 Å². The minimum atomic E-state index is -0.145. The lowest BCUT2D eigenvalue weighted by atomic mass is 9.99. The second kappa shape index (κ2) is 9.26. The topological polar surface area (TPSA) is 65.0 Å². The molecule has 35 heavy (non-hydrogen) atoms. The quantitative estimate of drug-likeness (QED) is 0.676. The highest BCUT2D eigenvalue weighted by Gasteiger charge is 2.47. The third kappa shape index (κ3) is 4.09. The SMILES string of the molecule is CCC1C2NN=CN2C2=CN(C)C(Nc3ccc(N4CCN(C)CC4)cc3)N=C2N1C1CCCC1. The number of benzene rings is 1. The molecule has 0 amide bonds. The number of nitrogens with one attached hydrogen (secondary N) is 2. The Hall–Kier alpha value is -2.94. The summed E-state index contributed by atoms with van der Waals surface area (Å²) in [4.78, 5) is 17.3. The Morgan fingerprint density at radius 2 is 1.77 bits per heavy atom. The molecule has 3 fully saturated rings. The van der Waals surface area contributed by atoms with Gasteiger partial charge in [0.25, 0.3) is 0 Å². The molecular formula is C26H39N9. The first-order valence-corrected chi connectivity index (χ1v) is 13.3. The minimum absolute atomic E-state index is 0.145. The molecule has 4 aliphatic heterocycles. The van der Waals surface area contributed by atoms with E-state index in [2.05, 4.69) is 91.8 Å². The highest BCUT2D eigenvalue weighted by Crippen LogP contribution is 2.37. The monoisotopic (exact) mass is 477 g/mol. The van der Waals surface area contributed by atoms with Gasteiger partial charge in [0.15, 0.2) is 12.1 Å². The van der Waals surface area contributed by atoms with E-state index in [1.165, 1.54) is 31.4 Å². The Bertz CT molecular complexity index is 989. The molecule has 1 aliphatic carbocycles. The zero-order valence-corrected chi connectivity index (χ0v) is 21.3. The highest BCUT2D eigenvalue weighted by atomic mass is 15.6. The van der Waals surface area contributed by atoms with Gasteiger partial charge in [-0.25, -0.2) is 4.99 Å². The van der Waals surface area contributed by atoms with Crippen LogP contribution in [0.15, 0.2) is 46.3 Å². The lowest BCUT2D eigenvalue weighted by Crippen LogP contribution is -2.65. The van der Waals surface area contributed by atoms with Crippen molar-refractivity contribution < 1.29 is 0 Å². The minimum Gasteiger partial charge on any atom is -0.369 e. The summed E-state index contributed by atoms with van der Waals surface area (Å²) in [6.45, 7) is 6.69. The van der Waals surface area contributed by atoms with Crippen molar-refractivity contribution in [2.45, 2.75) is 63.6 Å². The summed E-state index contributed by atoms with van der Waals surface area (Å²) in [6, 6.07) is 9.76. The average molecular weight is 478 g/mol. The molecule has 0 spiro atoms. The van der Waals surface area contributed by atoms with Gasteiger partial charge in [0.1, 0.15) is 18.2 Å². The van der Waals surface area contributed by atoms with Crippen LogP contribution in [-0.4, -0.2) is 96.6 Å². The molecule has 3 unspecified atom stereocenters. The van der Waals surface area contributed by atoms with Crippen LogP contribution in [0, 0.1) is 0 Å². The molecule has 188 valence electrons. The van der Waals surface area contributed by atoms with Gasteiger partial charge in [-0.1, -0.05) is 19.8 Å². The molecule has 2 saturated heterocycles. The van der Waals surface area contributed by atoms with E-state index in [0.717, 1.165) is 49.8 Å². The first-order valence-electron chi connectivity index (χ1n) is 13.3. The van der Waals surface area contributed by atoms with Gasteiger partial charge < -0.3 is 29.8 Å². The molecule has 1 saturated carbocycles. The van der Waals surface area contributed by atoms with Crippen LogP contribution in [-0.2, 0) is 0 Å². The van der Waals surface area contributed by atoms with Gasteiger partial charge in [0, 0.05) is 56.8 Å². The fourth-order valence-corrected chi connectivity index (χ4v) is 6.24. The second-order valence-corrected chi connectivity index (χ2v) is 10.5. The number of likely N-dealkylation sites (N-methyl/N-ethyl adjacent to an activating group) is 1. The molecular weight excluding hydrogens is 438 g/mol. The van der Waals surface area contributed by atoms with E-state index in [0.29, 0.717) is 12.1 Å². The molecule has 0 aromatic heterocycles. The number of rotatable bonds is 5. The van der Waals surface area contributed by atoms with Gasteiger partial charge in [-0.3, -0.25) is 5.43 Å². The summed E-state index contributed by atoms with van der Waals surface area (Å²) in [7, 11) is 4.30. The van der Waals surface area contributed by atoms with Gasteiger partial charge in [0.2, 0.25) is 0 Å². The van der Waals surface area contributed by atoms with Crippen molar-refractivity contribution in [3.05, 3.63) is 36.2 Å². The number of hydrazone groups is 1. The van der Waals surface area contributed by atoms with Crippen LogP contribution in [0.25, 0.3) is 0 Å². The van der Waals surface area contributed by atoms with Gasteiger partial charge in [-0.05, 0) is 50.6 Å². The highest BCUT2D eigenvalue weighted by molar-refractivity contribution is 6.02. The summed E-state index contributed by atoms with van der Waals surface area (Å²) in [5.74, 6) is 1.11. The van der Waals surface area contributed by atoms with Crippen LogP contribution < -0.4 is 15.6 Å². The van der Waals surface area contributed by atoms with Crippen molar-refractivity contribution in [1.29, 1.82) is 0 Å². The smallest absolute Gasteiger partial charge is 0.198 e. The molecule has 9 heteroatoms. The zero-order chi connectivity index (χ0) is 23.9. The Balaban J connectivity index is 1.24. The lowest BCUT2D eigenvalue weighted by Gasteiger charge is -2.51. The zero-order valence-electron chi connectivity index (χ0n) is 21.3. The van der Waals surface area contributed by atoms with E-state index in [1.807, 2.05) is 6.34 Å². The van der Waals surface area contributed by atoms with Gasteiger partial charge in [0.05, 0.1) is 6.04 Å². The maximum Gasteiger partial charge on any atom is 0.198 e. The Labute approximate surface area is 209 Å². The number of nitrogens with zero attached hydrogens (tertiary/aromatic N) is 7. The Morgan fingerprint density at radius 3 is 2.49 bits per heavy atom. The molecule has 1 aromatic rings. The van der Waals surface area contributed by atoms with Crippen molar-refractivity contribution in [2.75, 3.05) is 50.5 Å². The van der Waals surface area contributed by atoms with Crippen LogP contribution in [0.4, 0.5) is 11.4 Å². The molecule has 5 aliphatic rings. The lowest BCUT2D eigenvalue weighted by molar-refractivity contribution is 0.117. The number of hydrogen-bond acceptors (Lipinski definition) is 9. The predicted molar refractivity (Wildman–Crippen MR) is 142 cm³/mol. The first-order chi connectivity index (χ1) is 17.1. The van der Waals surface area contributed by atoms with Crippen LogP contribution in [0.1, 0.15) is 39.0 Å². The Morgan fingerprint density at radius 1 is 1.03 bits per heavy atom. The average Bonchev–Trinajstić information content (AvgIpc) is 3.58. The van der Waals surface area contributed by atoms with E-state index in [1.54, 1.807) is 0 Å². The fraction of sp³-hybridized carbons (Fsp3) is 0.615. The fourth-order valence-electron chi connectivity index (χ4n) is 6.24. The molecule has 2 N–H and O–H groups in total. The van der Waals surface area contributed by atoms with Crippen LogP contribution in [0.3, 0.4) is 0 Å². The number of amidine groups is 1. The first kappa shape index (κ1) is 22.5. The van der Waals surface area contributed by atoms with E-state index < -0.39 is 0 Å². The normalized spacial score (nSPS) is 29.1. The van der Waals surface area contributed by atoms with E-state index in [-0.39, 0.29) is 12.5 Å². The predicted octanol–water partition coefficient (Wildman–Crippen LogP) is 2.53. The third-order valence-electron chi connectivity index (χ3n) is 8.29. The molecule has 1 aromatic carbocycles. The van der Waals surface area contributed by atoms with Gasteiger partial charge >= 0.3 is 0 Å². The number of hydrogen-bond donors (Lipinski definition) is 2. The van der Waals surface area contributed by atoms with E-state index in [4.69, 9.17) is 4.99 Å². The van der Waals surface area contributed by atoms with Crippen molar-refractivity contribution in [2.24, 2.45) is 10.1 Å². The van der Waals surface area contributed by atoms with Gasteiger partial charge in [-0.2, -0.15) is 5.10 Å². The number of anilines is 2. The summed E-state index contributed by atoms with van der Waals surface area (Å²) < 4.78 is 0. The van der Waals surface area contributed by atoms with E-state index in [9.17, 15) is 0 Å². The number of fused-ring (bicyclic) bond motifs is 3. The largest absolute Gasteiger partial charge is 0.369 e. The summed E-state index contributed by atoms with van der Waals surface area (Å²) in [5, 5.41) is 8.11. The molecule has 3 atom stereocenters. The maximum atomic E-state index is 5.33. The molecule has 0 bridgehead atoms. The van der Waals surface area contributed by atoms with E-state index >= 15 is 0 Å². The number of aliphatic imine (C=N–C) groups is 1. The Kier molecular flexibility index (Phi) is 5.96. The van der Waals surface area contributed by atoms with Crippen LogP contribution in [0.5, 0.6) is 0 Å². The summed E-state index contributed by atoms with van der Waals surface area (Å²) >= 11 is 0. The van der Waals surface area contributed by atoms with Crippen LogP contribution in [0.2, 0.25) is 0 Å². The second-order valence-electron chi connectivity index (χ2n) is 10.5. The molecule has 4 heterocycles.